The molecule has 0 aliphatic rings. The summed E-state index contributed by atoms with van der Waals surface area (Å²) in [5.74, 6) is 0. The van der Waals surface area contributed by atoms with E-state index in [0.29, 0.717) is 17.0 Å². The summed E-state index contributed by atoms with van der Waals surface area (Å²) < 4.78 is 7.88. The molecule has 0 N–H and O–H groups in total. The van der Waals surface area contributed by atoms with Gasteiger partial charge in [0.05, 0.1) is 16.6 Å². The van der Waals surface area contributed by atoms with E-state index < -0.39 is 8.07 Å². The molecule has 0 saturated heterocycles. The van der Waals surface area contributed by atoms with E-state index in [2.05, 4.69) is 47.3 Å². The van der Waals surface area contributed by atoms with Crippen LogP contribution in [0.4, 0.5) is 0 Å². The number of nitrogens with zero attached hydrogens (tertiary/aromatic N) is 2. The highest BCUT2D eigenvalue weighted by Crippen LogP contribution is 2.24. The van der Waals surface area contributed by atoms with E-state index in [1.807, 2.05) is 6.07 Å². The molecule has 114 valence electrons. The molecule has 0 fully saturated rings. The van der Waals surface area contributed by atoms with Crippen LogP contribution in [0.3, 0.4) is 0 Å². The zero-order valence-electron chi connectivity index (χ0n) is 12.3. The van der Waals surface area contributed by atoms with Gasteiger partial charge in [0.25, 0.3) is 5.56 Å². The van der Waals surface area contributed by atoms with Gasteiger partial charge in [0.15, 0.2) is 0 Å². The van der Waals surface area contributed by atoms with Gasteiger partial charge in [-0.3, -0.25) is 4.79 Å². The molecule has 0 bridgehead atoms. The van der Waals surface area contributed by atoms with Gasteiger partial charge in [0, 0.05) is 23.6 Å². The molecule has 7 heteroatoms. The van der Waals surface area contributed by atoms with Crippen LogP contribution in [-0.4, -0.2) is 24.5 Å². The third-order valence-electron chi connectivity index (χ3n) is 3.13. The van der Waals surface area contributed by atoms with Crippen molar-refractivity contribution in [1.82, 2.24) is 9.78 Å². The Morgan fingerprint density at radius 1 is 1.38 bits per heavy atom. The molecule has 1 heterocycles. The molecular formula is C14H18ClIN2O2Si. The largest absolute Gasteiger partial charge is 0.359 e. The number of benzene rings is 1. The number of halogens is 2. The number of fused-ring (bicyclic) bond motifs is 1. The summed E-state index contributed by atoms with van der Waals surface area (Å²) in [6.07, 6.45) is 1.67. The van der Waals surface area contributed by atoms with E-state index in [-0.39, 0.29) is 12.3 Å². The lowest BCUT2D eigenvalue weighted by Crippen LogP contribution is -2.26. The first-order chi connectivity index (χ1) is 9.79. The van der Waals surface area contributed by atoms with Crippen molar-refractivity contribution in [1.29, 1.82) is 0 Å². The lowest BCUT2D eigenvalue weighted by molar-refractivity contribution is 0.0754. The quantitative estimate of drug-likeness (QED) is 0.405. The molecule has 0 saturated carbocycles. The predicted molar refractivity (Wildman–Crippen MR) is 97.8 cm³/mol. The SMILES string of the molecule is C[Si](C)(C)CCOCn1ncc2c(I)ccc(Cl)c2c1=O. The Balaban J connectivity index is 2.21. The van der Waals surface area contributed by atoms with Crippen molar-refractivity contribution in [3.63, 3.8) is 0 Å². The second-order valence-electron chi connectivity index (χ2n) is 6.12. The Labute approximate surface area is 143 Å². The minimum atomic E-state index is -1.12. The van der Waals surface area contributed by atoms with Gasteiger partial charge in [-0.2, -0.15) is 5.10 Å². The fourth-order valence-electron chi connectivity index (χ4n) is 1.84. The standard InChI is InChI=1S/C14H18ClIN2O2Si/c1-21(2,3)7-6-20-9-18-14(19)13-10(8-17-18)12(16)5-4-11(13)15/h4-5,8H,6-7,9H2,1-3H3. The van der Waals surface area contributed by atoms with Gasteiger partial charge in [-0.1, -0.05) is 31.2 Å². The molecule has 21 heavy (non-hydrogen) atoms. The van der Waals surface area contributed by atoms with Crippen LogP contribution in [0.2, 0.25) is 30.7 Å². The van der Waals surface area contributed by atoms with Gasteiger partial charge < -0.3 is 4.74 Å². The molecule has 0 aliphatic carbocycles. The first-order valence-electron chi connectivity index (χ1n) is 6.71. The van der Waals surface area contributed by atoms with Crippen LogP contribution in [0.25, 0.3) is 10.8 Å². The minimum Gasteiger partial charge on any atom is -0.359 e. The number of aromatic nitrogens is 2. The second-order valence-corrected chi connectivity index (χ2v) is 13.3. The predicted octanol–water partition coefficient (Wildman–Crippen LogP) is 3.97. The van der Waals surface area contributed by atoms with Gasteiger partial charge in [-0.15, -0.1) is 0 Å². The van der Waals surface area contributed by atoms with Crippen LogP contribution >= 0.6 is 34.2 Å². The van der Waals surface area contributed by atoms with Crippen LogP contribution in [0.1, 0.15) is 0 Å². The van der Waals surface area contributed by atoms with Crippen molar-refractivity contribution >= 4 is 53.0 Å². The Bertz CT molecular complexity index is 712. The average Bonchev–Trinajstić information content (AvgIpc) is 2.39. The molecule has 0 radical (unpaired) electrons. The second kappa shape index (κ2) is 6.76. The number of rotatable bonds is 5. The monoisotopic (exact) mass is 436 g/mol. The maximum atomic E-state index is 12.4. The summed E-state index contributed by atoms with van der Waals surface area (Å²) in [6, 6.07) is 4.68. The Morgan fingerprint density at radius 3 is 2.76 bits per heavy atom. The van der Waals surface area contributed by atoms with E-state index in [0.717, 1.165) is 15.0 Å². The van der Waals surface area contributed by atoms with Crippen molar-refractivity contribution < 1.29 is 4.74 Å². The third kappa shape index (κ3) is 4.27. The lowest BCUT2D eigenvalue weighted by Gasteiger charge is -2.15. The normalized spacial score (nSPS) is 12.0. The molecule has 0 unspecified atom stereocenters. The molecule has 1 aromatic carbocycles. The van der Waals surface area contributed by atoms with Crippen LogP contribution in [0, 0.1) is 3.57 Å². The summed E-state index contributed by atoms with van der Waals surface area (Å²) in [5.41, 5.74) is -0.205. The molecule has 2 rings (SSSR count). The molecule has 0 aliphatic heterocycles. The highest BCUT2D eigenvalue weighted by Gasteiger charge is 2.13. The summed E-state index contributed by atoms with van der Waals surface area (Å²) in [7, 11) is -1.12. The molecule has 1 aromatic heterocycles. The summed E-state index contributed by atoms with van der Waals surface area (Å²) >= 11 is 8.32. The Morgan fingerprint density at radius 2 is 2.10 bits per heavy atom. The maximum Gasteiger partial charge on any atom is 0.278 e. The first-order valence-corrected chi connectivity index (χ1v) is 11.9. The molecule has 0 amide bonds. The van der Waals surface area contributed by atoms with E-state index in [1.165, 1.54) is 4.68 Å². The van der Waals surface area contributed by atoms with E-state index in [9.17, 15) is 4.79 Å². The lowest BCUT2D eigenvalue weighted by atomic mass is 10.2. The van der Waals surface area contributed by atoms with E-state index in [4.69, 9.17) is 16.3 Å². The number of ether oxygens (including phenoxy) is 1. The molecular weight excluding hydrogens is 419 g/mol. The van der Waals surface area contributed by atoms with Crippen molar-refractivity contribution in [2.75, 3.05) is 6.61 Å². The van der Waals surface area contributed by atoms with Crippen molar-refractivity contribution in [3.05, 3.63) is 37.3 Å². The van der Waals surface area contributed by atoms with Crippen LogP contribution in [-0.2, 0) is 11.5 Å². The summed E-state index contributed by atoms with van der Waals surface area (Å²) in [6.45, 7) is 7.69. The third-order valence-corrected chi connectivity index (χ3v) is 6.09. The highest BCUT2D eigenvalue weighted by atomic mass is 127. The maximum absolute atomic E-state index is 12.4. The summed E-state index contributed by atoms with van der Waals surface area (Å²) in [5, 5.41) is 5.91. The molecule has 0 atom stereocenters. The smallest absolute Gasteiger partial charge is 0.278 e. The Hall–Kier alpha value is -0.443. The van der Waals surface area contributed by atoms with Gasteiger partial charge >= 0.3 is 0 Å². The minimum absolute atomic E-state index is 0.168. The van der Waals surface area contributed by atoms with Gasteiger partial charge in [-0.05, 0) is 40.8 Å². The van der Waals surface area contributed by atoms with Crippen molar-refractivity contribution in [2.45, 2.75) is 32.4 Å². The fourth-order valence-corrected chi connectivity index (χ4v) is 3.43. The highest BCUT2D eigenvalue weighted by molar-refractivity contribution is 14.1. The van der Waals surface area contributed by atoms with Gasteiger partial charge in [-0.25, -0.2) is 4.68 Å². The van der Waals surface area contributed by atoms with Crippen molar-refractivity contribution in [3.8, 4) is 0 Å². The number of hydrogen-bond donors (Lipinski definition) is 0. The Kier molecular flexibility index (Phi) is 5.45. The molecule has 2 aromatic rings. The zero-order chi connectivity index (χ0) is 15.6. The van der Waals surface area contributed by atoms with Crippen LogP contribution < -0.4 is 5.56 Å². The van der Waals surface area contributed by atoms with Gasteiger partial charge in [0.2, 0.25) is 0 Å². The zero-order valence-corrected chi connectivity index (χ0v) is 16.2. The van der Waals surface area contributed by atoms with E-state index in [1.54, 1.807) is 12.3 Å². The van der Waals surface area contributed by atoms with Crippen molar-refractivity contribution in [2.24, 2.45) is 0 Å². The number of hydrogen-bond acceptors (Lipinski definition) is 3. The van der Waals surface area contributed by atoms with Crippen LogP contribution in [0.5, 0.6) is 0 Å². The van der Waals surface area contributed by atoms with Crippen LogP contribution in [0.15, 0.2) is 23.1 Å². The molecule has 0 spiro atoms. The fraction of sp³-hybridized carbons (Fsp3) is 0.429. The average molecular weight is 437 g/mol. The first kappa shape index (κ1) is 16.9. The van der Waals surface area contributed by atoms with Gasteiger partial charge in [0.1, 0.15) is 6.73 Å². The molecule has 4 nitrogen and oxygen atoms in total. The van der Waals surface area contributed by atoms with E-state index >= 15 is 0 Å². The summed E-state index contributed by atoms with van der Waals surface area (Å²) in [4.78, 5) is 12.4. The topological polar surface area (TPSA) is 44.1 Å².